The Morgan fingerprint density at radius 1 is 1.10 bits per heavy atom. The number of imidazole rings is 1. The summed E-state index contributed by atoms with van der Waals surface area (Å²) in [6, 6.07) is 13.3. The molecule has 0 bridgehead atoms. The molecule has 1 aliphatic rings. The third kappa shape index (κ3) is 5.19. The normalized spacial score (nSPS) is 11.9. The van der Waals surface area contributed by atoms with Gasteiger partial charge in [-0.1, -0.05) is 24.3 Å². The quantitative estimate of drug-likeness (QED) is 0.574. The van der Waals surface area contributed by atoms with E-state index in [1.807, 2.05) is 29.0 Å². The van der Waals surface area contributed by atoms with Crippen molar-refractivity contribution >= 4 is 6.03 Å². The van der Waals surface area contributed by atoms with Crippen LogP contribution in [0.4, 0.5) is 4.79 Å². The van der Waals surface area contributed by atoms with Gasteiger partial charge in [0.2, 0.25) is 6.79 Å². The number of aromatic nitrogens is 2. The lowest BCUT2D eigenvalue weighted by Gasteiger charge is -2.10. The van der Waals surface area contributed by atoms with E-state index in [0.29, 0.717) is 36.9 Å². The van der Waals surface area contributed by atoms with Crippen LogP contribution in [-0.2, 0) is 13.1 Å². The number of carbonyl (C=O) groups excluding carboxylic acids is 1. The molecule has 2 N–H and O–H groups in total. The van der Waals surface area contributed by atoms with E-state index >= 15 is 0 Å². The number of ether oxygens (including phenoxy) is 3. The Kier molecular flexibility index (Phi) is 5.80. The standard InChI is InChI=1S/C21H22N4O4/c26-21(23-7-9-27-18-4-5-19-20(11-18)29-15-28-19)24-12-16-2-1-3-17(10-16)13-25-8-6-22-14-25/h1-6,8,10-11,14H,7,9,12-13,15H2,(H2,23,24,26). The van der Waals surface area contributed by atoms with Gasteiger partial charge >= 0.3 is 6.03 Å². The molecular weight excluding hydrogens is 372 g/mol. The predicted molar refractivity (Wildman–Crippen MR) is 106 cm³/mol. The Balaban J connectivity index is 1.16. The molecule has 0 saturated carbocycles. The number of amides is 2. The highest BCUT2D eigenvalue weighted by Gasteiger charge is 2.13. The molecule has 0 aliphatic carbocycles. The molecule has 0 atom stereocenters. The van der Waals surface area contributed by atoms with Crippen molar-refractivity contribution in [3.8, 4) is 17.2 Å². The molecule has 0 spiro atoms. The number of hydrogen-bond donors (Lipinski definition) is 2. The molecule has 0 radical (unpaired) electrons. The van der Waals surface area contributed by atoms with Crippen LogP contribution in [0.25, 0.3) is 0 Å². The number of nitrogens with one attached hydrogen (secondary N) is 2. The van der Waals surface area contributed by atoms with Gasteiger partial charge in [-0.25, -0.2) is 9.78 Å². The Labute approximate surface area is 168 Å². The number of rotatable bonds is 8. The minimum atomic E-state index is -0.237. The second-order valence-electron chi connectivity index (χ2n) is 6.53. The van der Waals surface area contributed by atoms with Crippen LogP contribution in [0.5, 0.6) is 17.2 Å². The summed E-state index contributed by atoms with van der Waals surface area (Å²) in [7, 11) is 0. The fourth-order valence-electron chi connectivity index (χ4n) is 2.97. The van der Waals surface area contributed by atoms with E-state index in [0.717, 1.165) is 17.7 Å². The van der Waals surface area contributed by atoms with Crippen LogP contribution in [-0.4, -0.2) is 35.5 Å². The third-order valence-electron chi connectivity index (χ3n) is 4.37. The van der Waals surface area contributed by atoms with E-state index in [4.69, 9.17) is 14.2 Å². The first-order valence-corrected chi connectivity index (χ1v) is 9.34. The molecule has 2 heterocycles. The largest absolute Gasteiger partial charge is 0.492 e. The number of benzene rings is 2. The predicted octanol–water partition coefficient (Wildman–Crippen LogP) is 2.54. The van der Waals surface area contributed by atoms with Crippen molar-refractivity contribution in [2.45, 2.75) is 13.1 Å². The molecule has 4 rings (SSSR count). The molecule has 8 heteroatoms. The van der Waals surface area contributed by atoms with E-state index in [9.17, 15) is 4.79 Å². The van der Waals surface area contributed by atoms with Gasteiger partial charge < -0.3 is 29.4 Å². The fraction of sp³-hybridized carbons (Fsp3) is 0.238. The maximum Gasteiger partial charge on any atom is 0.315 e. The fourth-order valence-corrected chi connectivity index (χ4v) is 2.97. The maximum absolute atomic E-state index is 12.0. The number of hydrogen-bond acceptors (Lipinski definition) is 5. The van der Waals surface area contributed by atoms with Gasteiger partial charge in [-0.15, -0.1) is 0 Å². The Bertz CT molecular complexity index is 959. The van der Waals surface area contributed by atoms with Crippen molar-refractivity contribution in [3.63, 3.8) is 0 Å². The number of urea groups is 1. The molecule has 2 aromatic carbocycles. The minimum absolute atomic E-state index is 0.229. The van der Waals surface area contributed by atoms with Crippen LogP contribution in [0, 0.1) is 0 Å². The number of nitrogens with zero attached hydrogens (tertiary/aromatic N) is 2. The summed E-state index contributed by atoms with van der Waals surface area (Å²) in [5, 5.41) is 5.64. The van der Waals surface area contributed by atoms with Gasteiger partial charge in [0.1, 0.15) is 12.4 Å². The second-order valence-corrected chi connectivity index (χ2v) is 6.53. The molecule has 1 aromatic heterocycles. The first-order valence-electron chi connectivity index (χ1n) is 9.34. The Morgan fingerprint density at radius 3 is 2.90 bits per heavy atom. The highest BCUT2D eigenvalue weighted by molar-refractivity contribution is 5.73. The van der Waals surface area contributed by atoms with Gasteiger partial charge in [-0.3, -0.25) is 0 Å². The van der Waals surface area contributed by atoms with Crippen LogP contribution in [0.1, 0.15) is 11.1 Å². The van der Waals surface area contributed by atoms with E-state index in [1.54, 1.807) is 24.7 Å². The molecule has 0 unspecified atom stereocenters. The van der Waals surface area contributed by atoms with Crippen molar-refractivity contribution in [2.24, 2.45) is 0 Å². The average Bonchev–Trinajstić information content (AvgIpc) is 3.41. The number of carbonyl (C=O) groups is 1. The zero-order valence-electron chi connectivity index (χ0n) is 15.8. The van der Waals surface area contributed by atoms with Gasteiger partial charge in [0.25, 0.3) is 0 Å². The summed E-state index contributed by atoms with van der Waals surface area (Å²) < 4.78 is 18.2. The van der Waals surface area contributed by atoms with E-state index in [1.165, 1.54) is 0 Å². The first kappa shape index (κ1) is 18.7. The maximum atomic E-state index is 12.0. The van der Waals surface area contributed by atoms with Crippen LogP contribution < -0.4 is 24.8 Å². The van der Waals surface area contributed by atoms with Crippen molar-refractivity contribution in [3.05, 3.63) is 72.3 Å². The number of fused-ring (bicyclic) bond motifs is 1. The van der Waals surface area contributed by atoms with Crippen molar-refractivity contribution < 1.29 is 19.0 Å². The zero-order valence-corrected chi connectivity index (χ0v) is 15.8. The lowest BCUT2D eigenvalue weighted by Crippen LogP contribution is -2.37. The highest BCUT2D eigenvalue weighted by atomic mass is 16.7. The van der Waals surface area contributed by atoms with Gasteiger partial charge in [0.15, 0.2) is 11.5 Å². The third-order valence-corrected chi connectivity index (χ3v) is 4.37. The topological polar surface area (TPSA) is 86.6 Å². The monoisotopic (exact) mass is 394 g/mol. The molecule has 29 heavy (non-hydrogen) atoms. The van der Waals surface area contributed by atoms with Crippen molar-refractivity contribution in [2.75, 3.05) is 19.9 Å². The van der Waals surface area contributed by atoms with Gasteiger partial charge in [0, 0.05) is 31.5 Å². The zero-order chi connectivity index (χ0) is 19.9. The van der Waals surface area contributed by atoms with Gasteiger partial charge in [-0.2, -0.15) is 0 Å². The summed E-state index contributed by atoms with van der Waals surface area (Å²) >= 11 is 0. The smallest absolute Gasteiger partial charge is 0.315 e. The first-order chi connectivity index (χ1) is 14.3. The molecule has 0 saturated heterocycles. The molecule has 2 amide bonds. The Hall–Kier alpha value is -3.68. The SMILES string of the molecule is O=C(NCCOc1ccc2c(c1)OCO2)NCc1cccc(Cn2ccnc2)c1. The minimum Gasteiger partial charge on any atom is -0.492 e. The summed E-state index contributed by atoms with van der Waals surface area (Å²) in [4.78, 5) is 16.0. The summed E-state index contributed by atoms with van der Waals surface area (Å²) in [6.07, 6.45) is 5.46. The highest BCUT2D eigenvalue weighted by Crippen LogP contribution is 2.34. The van der Waals surface area contributed by atoms with Crippen molar-refractivity contribution in [1.82, 2.24) is 20.2 Å². The van der Waals surface area contributed by atoms with Crippen LogP contribution in [0.2, 0.25) is 0 Å². The van der Waals surface area contributed by atoms with E-state index in [-0.39, 0.29) is 12.8 Å². The lowest BCUT2D eigenvalue weighted by atomic mass is 10.1. The summed E-state index contributed by atoms with van der Waals surface area (Å²) in [5.74, 6) is 2.05. The van der Waals surface area contributed by atoms with Crippen molar-refractivity contribution in [1.29, 1.82) is 0 Å². The molecule has 150 valence electrons. The summed E-state index contributed by atoms with van der Waals surface area (Å²) in [5.41, 5.74) is 2.19. The average molecular weight is 394 g/mol. The van der Waals surface area contributed by atoms with E-state index in [2.05, 4.69) is 27.8 Å². The Morgan fingerprint density at radius 2 is 2.00 bits per heavy atom. The van der Waals surface area contributed by atoms with Gasteiger partial charge in [-0.05, 0) is 23.3 Å². The molecule has 0 fully saturated rings. The molecule has 8 nitrogen and oxygen atoms in total. The summed E-state index contributed by atoms with van der Waals surface area (Å²) in [6.45, 7) is 2.17. The molecular formula is C21H22N4O4. The molecule has 1 aliphatic heterocycles. The van der Waals surface area contributed by atoms with Gasteiger partial charge in [0.05, 0.1) is 12.9 Å². The van der Waals surface area contributed by atoms with Crippen LogP contribution in [0.3, 0.4) is 0 Å². The second kappa shape index (κ2) is 9.01. The lowest BCUT2D eigenvalue weighted by molar-refractivity contribution is 0.173. The van der Waals surface area contributed by atoms with Crippen LogP contribution >= 0.6 is 0 Å². The molecule has 3 aromatic rings. The van der Waals surface area contributed by atoms with E-state index < -0.39 is 0 Å². The van der Waals surface area contributed by atoms with Crippen LogP contribution in [0.15, 0.2) is 61.2 Å².